The number of pyridine rings is 1. The zero-order valence-electron chi connectivity index (χ0n) is 19.3. The van der Waals surface area contributed by atoms with Crippen LogP contribution in [-0.4, -0.2) is 10.9 Å². The first-order valence-electron chi connectivity index (χ1n) is 10.9. The van der Waals surface area contributed by atoms with E-state index in [1.807, 2.05) is 19.1 Å². The third-order valence-corrected chi connectivity index (χ3v) is 5.42. The molecule has 1 N–H and O–H groups in total. The molecular weight excluding hydrogens is 470 g/mol. The fraction of sp³-hybridized carbons (Fsp3) is 0.308. The minimum Gasteiger partial charge on any atom is -0.326 e. The van der Waals surface area contributed by atoms with Crippen LogP contribution in [0.2, 0.25) is 0 Å². The maximum absolute atomic E-state index is 13.3. The van der Waals surface area contributed by atoms with Crippen molar-refractivity contribution in [3.05, 3.63) is 83.2 Å². The highest BCUT2D eigenvalue weighted by molar-refractivity contribution is 5.96. The summed E-state index contributed by atoms with van der Waals surface area (Å²) in [6, 6.07) is 11.8. The van der Waals surface area contributed by atoms with Crippen molar-refractivity contribution in [2.45, 2.75) is 45.5 Å². The van der Waals surface area contributed by atoms with Crippen molar-refractivity contribution in [2.75, 3.05) is 5.32 Å². The van der Waals surface area contributed by atoms with Crippen LogP contribution in [0.4, 0.5) is 32.0 Å². The second-order valence-electron chi connectivity index (χ2n) is 8.77. The van der Waals surface area contributed by atoms with E-state index in [2.05, 4.69) is 10.3 Å². The van der Waals surface area contributed by atoms with E-state index in [4.69, 9.17) is 0 Å². The summed E-state index contributed by atoms with van der Waals surface area (Å²) in [6.07, 6.45) is -8.24. The van der Waals surface area contributed by atoms with Crippen molar-refractivity contribution >= 4 is 11.6 Å². The molecule has 0 aliphatic heterocycles. The molecule has 0 aliphatic carbocycles. The molecule has 0 saturated carbocycles. The molecule has 3 nitrogen and oxygen atoms in total. The van der Waals surface area contributed by atoms with Crippen molar-refractivity contribution in [1.29, 1.82) is 0 Å². The first-order chi connectivity index (χ1) is 16.2. The number of aromatic nitrogens is 1. The Morgan fingerprint density at radius 1 is 0.857 bits per heavy atom. The van der Waals surface area contributed by atoms with E-state index in [1.54, 1.807) is 44.3 Å². The molecule has 3 rings (SSSR count). The number of benzene rings is 2. The van der Waals surface area contributed by atoms with E-state index in [9.17, 15) is 31.1 Å². The Bertz CT molecular complexity index is 1150. The van der Waals surface area contributed by atoms with Crippen LogP contribution in [-0.2, 0) is 17.1 Å². The number of halogens is 6. The van der Waals surface area contributed by atoms with Crippen LogP contribution in [0.15, 0.2) is 60.8 Å². The van der Waals surface area contributed by atoms with Crippen LogP contribution in [0.25, 0.3) is 11.1 Å². The fourth-order valence-corrected chi connectivity index (χ4v) is 3.75. The number of aryl methyl sites for hydroxylation is 1. The summed E-state index contributed by atoms with van der Waals surface area (Å²) in [5.41, 5.74) is -0.238. The van der Waals surface area contributed by atoms with Crippen molar-refractivity contribution in [2.24, 2.45) is 5.92 Å². The maximum atomic E-state index is 13.3. The average Bonchev–Trinajstić information content (AvgIpc) is 2.76. The number of carbonyl (C=O) groups excluding carboxylic acids is 1. The van der Waals surface area contributed by atoms with Gasteiger partial charge >= 0.3 is 12.4 Å². The third kappa shape index (κ3) is 6.83. The van der Waals surface area contributed by atoms with Gasteiger partial charge in [0.05, 0.1) is 17.0 Å². The number of nitrogens with one attached hydrogen (secondary N) is 1. The molecule has 1 heterocycles. The largest absolute Gasteiger partial charge is 0.416 e. The van der Waals surface area contributed by atoms with Gasteiger partial charge in [-0.25, -0.2) is 0 Å². The molecule has 0 radical (unpaired) electrons. The standard InChI is InChI=1S/C26H24F6N2O/c1-15(2)10-23(19-12-20(25(27,28)29)14-21(13-19)26(30,31)32)24(35)34-22-6-4-17(5-7-22)18-8-9-33-16(3)11-18/h4-9,11-15,23H,10H2,1-3H3,(H,34,35). The molecular formula is C26H24F6N2O. The lowest BCUT2D eigenvalue weighted by Crippen LogP contribution is -2.24. The van der Waals surface area contributed by atoms with Crippen molar-refractivity contribution in [3.63, 3.8) is 0 Å². The fourth-order valence-electron chi connectivity index (χ4n) is 3.75. The Kier molecular flexibility index (Phi) is 7.57. The molecule has 0 fully saturated rings. The number of hydrogen-bond acceptors (Lipinski definition) is 2. The predicted octanol–water partition coefficient (Wildman–Crippen LogP) is 7.86. The first-order valence-corrected chi connectivity index (χ1v) is 10.9. The van der Waals surface area contributed by atoms with Gasteiger partial charge in [-0.2, -0.15) is 26.3 Å². The Morgan fingerprint density at radius 3 is 1.91 bits per heavy atom. The lowest BCUT2D eigenvalue weighted by atomic mass is 9.87. The highest BCUT2D eigenvalue weighted by atomic mass is 19.4. The normalized spacial score (nSPS) is 13.1. The van der Waals surface area contributed by atoms with Crippen LogP contribution >= 0.6 is 0 Å². The van der Waals surface area contributed by atoms with E-state index in [0.29, 0.717) is 17.8 Å². The predicted molar refractivity (Wildman–Crippen MR) is 122 cm³/mol. The SMILES string of the molecule is Cc1cc(-c2ccc(NC(=O)C(CC(C)C)c3cc(C(F)(F)F)cc(C(F)(F)F)c3)cc2)ccn1. The van der Waals surface area contributed by atoms with Gasteiger partial charge in [0, 0.05) is 17.6 Å². The molecule has 0 spiro atoms. The Hall–Kier alpha value is -3.36. The van der Waals surface area contributed by atoms with Crippen LogP contribution < -0.4 is 5.32 Å². The second kappa shape index (κ2) is 10.1. The van der Waals surface area contributed by atoms with Gasteiger partial charge in [-0.05, 0) is 78.4 Å². The lowest BCUT2D eigenvalue weighted by molar-refractivity contribution is -0.143. The number of carbonyl (C=O) groups is 1. The monoisotopic (exact) mass is 494 g/mol. The molecule has 186 valence electrons. The summed E-state index contributed by atoms with van der Waals surface area (Å²) >= 11 is 0. The highest BCUT2D eigenvalue weighted by Crippen LogP contribution is 2.39. The Balaban J connectivity index is 1.93. The summed E-state index contributed by atoms with van der Waals surface area (Å²) in [5.74, 6) is -2.05. The minimum atomic E-state index is -4.99. The van der Waals surface area contributed by atoms with E-state index in [-0.39, 0.29) is 24.0 Å². The molecule has 0 aliphatic rings. The number of nitrogens with zero attached hydrogens (tertiary/aromatic N) is 1. The third-order valence-electron chi connectivity index (χ3n) is 5.42. The van der Waals surface area contributed by atoms with Gasteiger partial charge < -0.3 is 5.32 Å². The molecule has 1 unspecified atom stereocenters. The molecule has 0 bridgehead atoms. The van der Waals surface area contributed by atoms with Crippen molar-refractivity contribution in [3.8, 4) is 11.1 Å². The van der Waals surface area contributed by atoms with Gasteiger partial charge in [0.2, 0.25) is 5.91 Å². The van der Waals surface area contributed by atoms with E-state index in [0.717, 1.165) is 16.8 Å². The molecule has 3 aromatic rings. The van der Waals surface area contributed by atoms with Gasteiger partial charge in [-0.1, -0.05) is 26.0 Å². The van der Waals surface area contributed by atoms with Crippen LogP contribution in [0.1, 0.15) is 48.6 Å². The van der Waals surface area contributed by atoms with Crippen LogP contribution in [0.5, 0.6) is 0 Å². The average molecular weight is 494 g/mol. The molecule has 1 amide bonds. The molecule has 1 atom stereocenters. The van der Waals surface area contributed by atoms with Gasteiger partial charge in [0.15, 0.2) is 0 Å². The number of alkyl halides is 6. The quantitative estimate of drug-likeness (QED) is 0.355. The Labute approximate surface area is 199 Å². The van der Waals surface area contributed by atoms with E-state index >= 15 is 0 Å². The molecule has 9 heteroatoms. The lowest BCUT2D eigenvalue weighted by Gasteiger charge is -2.22. The van der Waals surface area contributed by atoms with Crippen molar-refractivity contribution < 1.29 is 31.1 Å². The highest BCUT2D eigenvalue weighted by Gasteiger charge is 2.38. The molecule has 35 heavy (non-hydrogen) atoms. The molecule has 0 saturated heterocycles. The number of hydrogen-bond donors (Lipinski definition) is 1. The first kappa shape index (κ1) is 26.2. The van der Waals surface area contributed by atoms with Gasteiger partial charge in [0.25, 0.3) is 0 Å². The summed E-state index contributed by atoms with van der Waals surface area (Å²) in [6.45, 7) is 5.33. The van der Waals surface area contributed by atoms with E-state index < -0.39 is 35.3 Å². The van der Waals surface area contributed by atoms with Crippen LogP contribution in [0, 0.1) is 12.8 Å². The maximum Gasteiger partial charge on any atom is 0.416 e. The topological polar surface area (TPSA) is 42.0 Å². The van der Waals surface area contributed by atoms with Gasteiger partial charge in [-0.15, -0.1) is 0 Å². The second-order valence-corrected chi connectivity index (χ2v) is 8.77. The zero-order chi connectivity index (χ0) is 26.0. The number of rotatable bonds is 6. The molecule has 2 aromatic carbocycles. The van der Waals surface area contributed by atoms with Gasteiger partial charge in [0.1, 0.15) is 0 Å². The van der Waals surface area contributed by atoms with E-state index in [1.165, 1.54) is 0 Å². The number of anilines is 1. The summed E-state index contributed by atoms with van der Waals surface area (Å²) in [5, 5.41) is 2.64. The number of amides is 1. The summed E-state index contributed by atoms with van der Waals surface area (Å²) in [7, 11) is 0. The van der Waals surface area contributed by atoms with Crippen LogP contribution in [0.3, 0.4) is 0 Å². The summed E-state index contributed by atoms with van der Waals surface area (Å²) < 4.78 is 80.0. The minimum absolute atomic E-state index is 0.0629. The Morgan fingerprint density at radius 2 is 1.43 bits per heavy atom. The smallest absolute Gasteiger partial charge is 0.326 e. The summed E-state index contributed by atoms with van der Waals surface area (Å²) in [4.78, 5) is 17.2. The van der Waals surface area contributed by atoms with Gasteiger partial charge in [-0.3, -0.25) is 9.78 Å². The van der Waals surface area contributed by atoms with Crippen molar-refractivity contribution in [1.82, 2.24) is 4.98 Å². The molecule has 1 aromatic heterocycles. The zero-order valence-corrected chi connectivity index (χ0v) is 19.3.